The molecule has 0 heterocycles. The third-order valence-electron chi connectivity index (χ3n) is 2.77. The van der Waals surface area contributed by atoms with Gasteiger partial charge in [0.05, 0.1) is 6.07 Å². The second kappa shape index (κ2) is 4.94. The van der Waals surface area contributed by atoms with Gasteiger partial charge in [-0.1, -0.05) is 44.2 Å². The monoisotopic (exact) mass is 215 g/mol. The van der Waals surface area contributed by atoms with Gasteiger partial charge in [-0.05, 0) is 24.8 Å². The van der Waals surface area contributed by atoms with Crippen molar-refractivity contribution in [2.45, 2.75) is 32.6 Å². The van der Waals surface area contributed by atoms with Gasteiger partial charge in [-0.3, -0.25) is 4.79 Å². The minimum absolute atomic E-state index is 0.0742. The Bertz CT molecular complexity index is 402. The van der Waals surface area contributed by atoms with Gasteiger partial charge >= 0.3 is 0 Å². The molecule has 84 valence electrons. The fraction of sp³-hybridized carbons (Fsp3) is 0.429. The Hall–Kier alpha value is -1.62. The van der Waals surface area contributed by atoms with Crippen LogP contribution in [0.5, 0.6) is 0 Å². The Morgan fingerprint density at radius 1 is 1.38 bits per heavy atom. The maximum atomic E-state index is 11.8. The van der Waals surface area contributed by atoms with Crippen LogP contribution in [0.2, 0.25) is 0 Å². The molecule has 2 nitrogen and oxygen atoms in total. The largest absolute Gasteiger partial charge is 0.298 e. The van der Waals surface area contributed by atoms with Gasteiger partial charge in [0.25, 0.3) is 0 Å². The highest BCUT2D eigenvalue weighted by Gasteiger charge is 2.37. The number of hydrogen-bond donors (Lipinski definition) is 0. The zero-order chi connectivity index (χ0) is 12.2. The van der Waals surface area contributed by atoms with Crippen LogP contribution in [0.15, 0.2) is 30.3 Å². The number of rotatable bonds is 4. The summed E-state index contributed by atoms with van der Waals surface area (Å²) >= 11 is 0. The summed E-state index contributed by atoms with van der Waals surface area (Å²) in [6.45, 7) is 5.55. The lowest BCUT2D eigenvalue weighted by Gasteiger charge is -2.26. The standard InChI is InChI=1S/C14H17NO/c1-11(2)9-14(10-15,12(3)16)13-7-5-4-6-8-13/h4-8,11H,9H2,1-3H3. The molecule has 1 unspecified atom stereocenters. The van der Waals surface area contributed by atoms with Crippen molar-refractivity contribution in [1.29, 1.82) is 5.26 Å². The molecule has 1 atom stereocenters. The molecule has 1 aromatic carbocycles. The van der Waals surface area contributed by atoms with Gasteiger partial charge in [0.15, 0.2) is 5.78 Å². The van der Waals surface area contributed by atoms with Crippen molar-refractivity contribution in [3.05, 3.63) is 35.9 Å². The molecule has 0 saturated carbocycles. The first-order valence-electron chi connectivity index (χ1n) is 5.50. The van der Waals surface area contributed by atoms with Crippen LogP contribution in [0.3, 0.4) is 0 Å². The van der Waals surface area contributed by atoms with Crippen molar-refractivity contribution in [3.8, 4) is 6.07 Å². The van der Waals surface area contributed by atoms with Gasteiger partial charge in [-0.15, -0.1) is 0 Å². The molecule has 0 N–H and O–H groups in total. The van der Waals surface area contributed by atoms with Crippen molar-refractivity contribution in [2.24, 2.45) is 5.92 Å². The van der Waals surface area contributed by atoms with E-state index in [1.165, 1.54) is 6.92 Å². The van der Waals surface area contributed by atoms with E-state index in [4.69, 9.17) is 0 Å². The summed E-state index contributed by atoms with van der Waals surface area (Å²) < 4.78 is 0. The number of nitriles is 1. The molecule has 1 rings (SSSR count). The van der Waals surface area contributed by atoms with E-state index in [2.05, 4.69) is 6.07 Å². The molecule has 0 amide bonds. The fourth-order valence-corrected chi connectivity index (χ4v) is 1.99. The first kappa shape index (κ1) is 12.4. The summed E-state index contributed by atoms with van der Waals surface area (Å²) in [5.41, 5.74) is -0.172. The van der Waals surface area contributed by atoms with E-state index in [-0.39, 0.29) is 5.78 Å². The van der Waals surface area contributed by atoms with Crippen LogP contribution in [0.1, 0.15) is 32.8 Å². The highest BCUT2D eigenvalue weighted by Crippen LogP contribution is 2.31. The van der Waals surface area contributed by atoms with Crippen LogP contribution in [0.4, 0.5) is 0 Å². The zero-order valence-corrected chi connectivity index (χ0v) is 10.0. The third kappa shape index (κ3) is 2.30. The van der Waals surface area contributed by atoms with Crippen LogP contribution in [-0.4, -0.2) is 5.78 Å². The van der Waals surface area contributed by atoms with E-state index >= 15 is 0 Å². The van der Waals surface area contributed by atoms with Crippen molar-refractivity contribution in [1.82, 2.24) is 0 Å². The molecule has 0 fully saturated rings. The first-order valence-corrected chi connectivity index (χ1v) is 5.50. The number of benzene rings is 1. The number of carbonyl (C=O) groups excluding carboxylic acids is 1. The Kier molecular flexibility index (Phi) is 3.84. The number of nitrogens with zero attached hydrogens (tertiary/aromatic N) is 1. The third-order valence-corrected chi connectivity index (χ3v) is 2.77. The number of carbonyl (C=O) groups is 1. The van der Waals surface area contributed by atoms with E-state index in [9.17, 15) is 10.1 Å². The predicted octanol–water partition coefficient (Wildman–Crippen LogP) is 3.08. The van der Waals surface area contributed by atoms with Gasteiger partial charge in [0, 0.05) is 0 Å². The summed E-state index contributed by atoms with van der Waals surface area (Å²) in [6, 6.07) is 11.5. The van der Waals surface area contributed by atoms with Gasteiger partial charge < -0.3 is 0 Å². The van der Waals surface area contributed by atoms with Crippen molar-refractivity contribution < 1.29 is 4.79 Å². The van der Waals surface area contributed by atoms with E-state index in [0.717, 1.165) is 5.56 Å². The number of Topliss-reactive ketones (excluding diaryl/α,β-unsaturated/α-hetero) is 1. The molecule has 0 bridgehead atoms. The fourth-order valence-electron chi connectivity index (χ4n) is 1.99. The average Bonchev–Trinajstić information content (AvgIpc) is 2.26. The molecular formula is C14H17NO. The highest BCUT2D eigenvalue weighted by atomic mass is 16.1. The van der Waals surface area contributed by atoms with Crippen molar-refractivity contribution in [3.63, 3.8) is 0 Å². The SMILES string of the molecule is CC(=O)C(C#N)(CC(C)C)c1ccccc1. The van der Waals surface area contributed by atoms with Crippen LogP contribution >= 0.6 is 0 Å². The van der Waals surface area contributed by atoms with E-state index in [1.54, 1.807) is 0 Å². The lowest BCUT2D eigenvalue weighted by atomic mass is 9.73. The molecule has 0 spiro atoms. The summed E-state index contributed by atoms with van der Waals surface area (Å²) in [6.07, 6.45) is 0.572. The normalized spacial score (nSPS) is 14.2. The lowest BCUT2D eigenvalue weighted by Crippen LogP contribution is -2.34. The summed E-state index contributed by atoms with van der Waals surface area (Å²) in [5.74, 6) is 0.235. The Labute approximate surface area is 96.9 Å². The summed E-state index contributed by atoms with van der Waals surface area (Å²) in [5, 5.41) is 9.38. The molecule has 16 heavy (non-hydrogen) atoms. The zero-order valence-electron chi connectivity index (χ0n) is 10.0. The molecule has 0 aliphatic rings. The molecule has 0 saturated heterocycles. The van der Waals surface area contributed by atoms with Crippen molar-refractivity contribution in [2.75, 3.05) is 0 Å². The average molecular weight is 215 g/mol. The van der Waals surface area contributed by atoms with E-state index < -0.39 is 5.41 Å². The van der Waals surface area contributed by atoms with Gasteiger partial charge in [0.1, 0.15) is 5.41 Å². The number of hydrogen-bond acceptors (Lipinski definition) is 2. The Morgan fingerprint density at radius 3 is 2.31 bits per heavy atom. The second-order valence-electron chi connectivity index (χ2n) is 4.54. The quantitative estimate of drug-likeness (QED) is 0.774. The van der Waals surface area contributed by atoms with Crippen LogP contribution in [0, 0.1) is 17.2 Å². The molecule has 1 aromatic rings. The van der Waals surface area contributed by atoms with Gasteiger partial charge in [-0.25, -0.2) is 0 Å². The predicted molar refractivity (Wildman–Crippen MR) is 63.9 cm³/mol. The number of ketones is 1. The minimum Gasteiger partial charge on any atom is -0.298 e. The van der Waals surface area contributed by atoms with Crippen LogP contribution < -0.4 is 0 Å². The highest BCUT2D eigenvalue weighted by molar-refractivity contribution is 5.91. The Balaban J connectivity index is 3.25. The van der Waals surface area contributed by atoms with Crippen molar-refractivity contribution >= 4 is 5.78 Å². The van der Waals surface area contributed by atoms with E-state index in [0.29, 0.717) is 12.3 Å². The smallest absolute Gasteiger partial charge is 0.154 e. The molecule has 0 aromatic heterocycles. The molecule has 0 aliphatic heterocycles. The maximum absolute atomic E-state index is 11.8. The molecule has 0 aliphatic carbocycles. The van der Waals surface area contributed by atoms with Gasteiger partial charge in [0.2, 0.25) is 0 Å². The molecule has 0 radical (unpaired) electrons. The van der Waals surface area contributed by atoms with Gasteiger partial charge in [-0.2, -0.15) is 5.26 Å². The lowest BCUT2D eigenvalue weighted by molar-refractivity contribution is -0.121. The second-order valence-corrected chi connectivity index (χ2v) is 4.54. The first-order chi connectivity index (χ1) is 7.53. The maximum Gasteiger partial charge on any atom is 0.154 e. The topological polar surface area (TPSA) is 40.9 Å². The summed E-state index contributed by atoms with van der Waals surface area (Å²) in [7, 11) is 0. The minimum atomic E-state index is -0.977. The van der Waals surface area contributed by atoms with E-state index in [1.807, 2.05) is 44.2 Å². The molecular weight excluding hydrogens is 198 g/mol. The molecule has 2 heteroatoms. The Morgan fingerprint density at radius 2 is 1.94 bits per heavy atom. The van der Waals surface area contributed by atoms with Crippen LogP contribution in [0.25, 0.3) is 0 Å². The summed E-state index contributed by atoms with van der Waals surface area (Å²) in [4.78, 5) is 11.8. The van der Waals surface area contributed by atoms with Crippen LogP contribution in [-0.2, 0) is 10.2 Å².